The Morgan fingerprint density at radius 1 is 1.22 bits per heavy atom. The van der Waals surface area contributed by atoms with Crippen LogP contribution in [0.1, 0.15) is 53.9 Å². The Balaban J connectivity index is 1.44. The minimum Gasteiger partial charge on any atom is -0.489 e. The molecule has 0 N–H and O–H groups in total. The molecule has 2 unspecified atom stereocenters. The Bertz CT molecular complexity index is 834. The highest BCUT2D eigenvalue weighted by Gasteiger charge is 2.41. The van der Waals surface area contributed by atoms with Gasteiger partial charge in [0, 0.05) is 22.9 Å². The maximum atomic E-state index is 10.5. The predicted octanol–water partition coefficient (Wildman–Crippen LogP) is 4.95. The van der Waals surface area contributed by atoms with Crippen molar-refractivity contribution in [1.29, 1.82) is 0 Å². The average molecular weight is 384 g/mol. The van der Waals surface area contributed by atoms with Crippen LogP contribution >= 0.6 is 11.8 Å². The number of rotatable bonds is 8. The SMILES string of the molecule is Cc1c(OCc2cccnc2SC2CCC2)ccc(C2CC2OC=O)c1C. The van der Waals surface area contributed by atoms with E-state index in [1.54, 1.807) is 0 Å². The minimum atomic E-state index is 0.0360. The van der Waals surface area contributed by atoms with E-state index in [4.69, 9.17) is 9.47 Å². The molecule has 2 fully saturated rings. The molecule has 1 aromatic carbocycles. The Hall–Kier alpha value is -2.01. The molecule has 2 aliphatic rings. The molecule has 2 saturated carbocycles. The van der Waals surface area contributed by atoms with Crippen molar-refractivity contribution >= 4 is 18.2 Å². The van der Waals surface area contributed by atoms with Gasteiger partial charge in [0.25, 0.3) is 6.47 Å². The van der Waals surface area contributed by atoms with Gasteiger partial charge in [-0.2, -0.15) is 0 Å². The first-order chi connectivity index (χ1) is 13.2. The number of aromatic nitrogens is 1. The summed E-state index contributed by atoms with van der Waals surface area (Å²) in [6, 6.07) is 8.24. The zero-order chi connectivity index (χ0) is 18.8. The van der Waals surface area contributed by atoms with Crippen LogP contribution in [0.15, 0.2) is 35.5 Å². The van der Waals surface area contributed by atoms with Crippen molar-refractivity contribution in [3.8, 4) is 5.75 Å². The van der Waals surface area contributed by atoms with E-state index in [2.05, 4.69) is 31.0 Å². The molecule has 0 saturated heterocycles. The Morgan fingerprint density at radius 2 is 2.07 bits per heavy atom. The minimum absolute atomic E-state index is 0.0360. The summed E-state index contributed by atoms with van der Waals surface area (Å²) in [5.74, 6) is 1.24. The first-order valence-electron chi connectivity index (χ1n) is 9.60. The van der Waals surface area contributed by atoms with Gasteiger partial charge in [-0.1, -0.05) is 18.6 Å². The van der Waals surface area contributed by atoms with E-state index >= 15 is 0 Å². The molecule has 0 radical (unpaired) electrons. The van der Waals surface area contributed by atoms with Crippen LogP contribution in [0.4, 0.5) is 0 Å². The van der Waals surface area contributed by atoms with Crippen molar-refractivity contribution in [2.45, 2.75) is 68.4 Å². The summed E-state index contributed by atoms with van der Waals surface area (Å²) in [5, 5.41) is 1.81. The lowest BCUT2D eigenvalue weighted by Crippen LogP contribution is -2.14. The molecule has 0 amide bonds. The van der Waals surface area contributed by atoms with Gasteiger partial charge in [-0.05, 0) is 61.9 Å². The van der Waals surface area contributed by atoms with Crippen molar-refractivity contribution in [2.75, 3.05) is 0 Å². The van der Waals surface area contributed by atoms with Gasteiger partial charge in [0.1, 0.15) is 23.5 Å². The number of hydrogen-bond acceptors (Lipinski definition) is 5. The quantitative estimate of drug-likeness (QED) is 0.604. The van der Waals surface area contributed by atoms with Crippen LogP contribution < -0.4 is 4.74 Å². The van der Waals surface area contributed by atoms with Gasteiger partial charge in [0.15, 0.2) is 0 Å². The maximum Gasteiger partial charge on any atom is 0.293 e. The van der Waals surface area contributed by atoms with Crippen LogP contribution in [0.5, 0.6) is 5.75 Å². The molecule has 1 heterocycles. The van der Waals surface area contributed by atoms with Gasteiger partial charge < -0.3 is 9.47 Å². The topological polar surface area (TPSA) is 48.4 Å². The molecule has 2 aliphatic carbocycles. The lowest BCUT2D eigenvalue weighted by Gasteiger charge is -2.25. The van der Waals surface area contributed by atoms with E-state index in [9.17, 15) is 4.79 Å². The van der Waals surface area contributed by atoms with Crippen LogP contribution in [-0.2, 0) is 16.1 Å². The Labute approximate surface area is 164 Å². The second kappa shape index (κ2) is 7.93. The van der Waals surface area contributed by atoms with E-state index in [0.29, 0.717) is 24.2 Å². The summed E-state index contributed by atoms with van der Waals surface area (Å²) in [4.78, 5) is 15.1. The van der Waals surface area contributed by atoms with Crippen LogP contribution in [0, 0.1) is 13.8 Å². The monoisotopic (exact) mass is 383 g/mol. The molecular formula is C22H25NO3S. The van der Waals surface area contributed by atoms with Gasteiger partial charge in [0.2, 0.25) is 0 Å². The van der Waals surface area contributed by atoms with Gasteiger partial charge in [-0.15, -0.1) is 11.8 Å². The van der Waals surface area contributed by atoms with Crippen molar-refractivity contribution < 1.29 is 14.3 Å². The molecule has 142 valence electrons. The Kier molecular flexibility index (Phi) is 5.39. The first kappa shape index (κ1) is 18.4. The molecular weight excluding hydrogens is 358 g/mol. The van der Waals surface area contributed by atoms with E-state index in [-0.39, 0.29) is 6.10 Å². The number of hydrogen-bond donors (Lipinski definition) is 0. The number of ether oxygens (including phenoxy) is 2. The normalized spacial score (nSPS) is 21.4. The van der Waals surface area contributed by atoms with Gasteiger partial charge >= 0.3 is 0 Å². The average Bonchev–Trinajstić information content (AvgIpc) is 3.39. The zero-order valence-electron chi connectivity index (χ0n) is 15.8. The molecule has 2 aromatic rings. The predicted molar refractivity (Wildman–Crippen MR) is 106 cm³/mol. The zero-order valence-corrected chi connectivity index (χ0v) is 16.6. The molecule has 0 spiro atoms. The number of carbonyl (C=O) groups is 1. The van der Waals surface area contributed by atoms with E-state index < -0.39 is 0 Å². The highest BCUT2D eigenvalue weighted by Crippen LogP contribution is 2.45. The summed E-state index contributed by atoms with van der Waals surface area (Å²) in [6.45, 7) is 5.30. The van der Waals surface area contributed by atoms with Crippen molar-refractivity contribution in [1.82, 2.24) is 4.98 Å². The third-order valence-electron chi connectivity index (χ3n) is 5.70. The molecule has 1 aromatic heterocycles. The number of pyridine rings is 1. The van der Waals surface area contributed by atoms with Crippen LogP contribution in [0.2, 0.25) is 0 Å². The van der Waals surface area contributed by atoms with Crippen molar-refractivity contribution in [2.24, 2.45) is 0 Å². The summed E-state index contributed by atoms with van der Waals surface area (Å²) in [7, 11) is 0. The largest absolute Gasteiger partial charge is 0.489 e. The lowest BCUT2D eigenvalue weighted by molar-refractivity contribution is -0.129. The number of benzene rings is 1. The fraction of sp³-hybridized carbons (Fsp3) is 0.455. The molecule has 27 heavy (non-hydrogen) atoms. The molecule has 4 rings (SSSR count). The highest BCUT2D eigenvalue weighted by atomic mass is 32.2. The van der Waals surface area contributed by atoms with Gasteiger partial charge in [0.05, 0.1) is 0 Å². The van der Waals surface area contributed by atoms with Gasteiger partial charge in [-0.25, -0.2) is 4.98 Å². The third kappa shape index (κ3) is 3.98. The molecule has 4 nitrogen and oxygen atoms in total. The molecule has 0 bridgehead atoms. The summed E-state index contributed by atoms with van der Waals surface area (Å²) in [5.41, 5.74) is 4.79. The van der Waals surface area contributed by atoms with Crippen LogP contribution in [-0.4, -0.2) is 22.8 Å². The Morgan fingerprint density at radius 3 is 2.81 bits per heavy atom. The second-order valence-corrected chi connectivity index (χ2v) is 8.73. The fourth-order valence-electron chi connectivity index (χ4n) is 3.54. The van der Waals surface area contributed by atoms with E-state index in [0.717, 1.165) is 28.3 Å². The molecule has 2 atom stereocenters. The van der Waals surface area contributed by atoms with Crippen molar-refractivity contribution in [3.05, 3.63) is 52.7 Å². The smallest absolute Gasteiger partial charge is 0.293 e. The highest BCUT2D eigenvalue weighted by molar-refractivity contribution is 8.00. The van der Waals surface area contributed by atoms with Gasteiger partial charge in [-0.3, -0.25) is 4.79 Å². The molecule has 5 heteroatoms. The third-order valence-corrected chi connectivity index (χ3v) is 7.10. The van der Waals surface area contributed by atoms with Crippen molar-refractivity contribution in [3.63, 3.8) is 0 Å². The summed E-state index contributed by atoms with van der Waals surface area (Å²) in [6.07, 6.45) is 6.72. The molecule has 0 aliphatic heterocycles. The first-order valence-corrected chi connectivity index (χ1v) is 10.5. The fourth-order valence-corrected chi connectivity index (χ4v) is 4.82. The number of nitrogens with zero attached hydrogens (tertiary/aromatic N) is 1. The van der Waals surface area contributed by atoms with Crippen LogP contribution in [0.3, 0.4) is 0 Å². The lowest BCUT2D eigenvalue weighted by atomic mass is 9.99. The van der Waals surface area contributed by atoms with E-state index in [1.165, 1.54) is 30.4 Å². The summed E-state index contributed by atoms with van der Waals surface area (Å²) >= 11 is 1.89. The van der Waals surface area contributed by atoms with E-state index in [1.807, 2.05) is 30.1 Å². The maximum absolute atomic E-state index is 10.5. The second-order valence-electron chi connectivity index (χ2n) is 7.44. The number of thioether (sulfide) groups is 1. The van der Waals surface area contributed by atoms with Crippen LogP contribution in [0.25, 0.3) is 0 Å². The summed E-state index contributed by atoms with van der Waals surface area (Å²) < 4.78 is 11.3. The number of carbonyl (C=O) groups excluding carboxylic acids is 1. The standard InChI is InChI=1S/C22H25NO3S/c1-14-15(2)20(9-8-18(14)19-11-21(19)26-13-24)25-12-16-5-4-10-23-22(16)27-17-6-3-7-17/h4-5,8-10,13,17,19,21H,3,6-7,11-12H2,1-2H3.